The van der Waals surface area contributed by atoms with Gasteiger partial charge in [-0.1, -0.05) is 35.9 Å². The Morgan fingerprint density at radius 2 is 1.71 bits per heavy atom. The van der Waals surface area contributed by atoms with Crippen molar-refractivity contribution in [3.05, 3.63) is 89.9 Å². The van der Waals surface area contributed by atoms with Crippen LogP contribution in [0.2, 0.25) is 0 Å². The standard InChI is InChI=1S/C24H26N2O2/c1-19-9-11-20(12-10-19)24(27)26(21-6-3-2-4-7-21)22-13-15-25(16-14-22)18-23-8-5-17-28-23/h2-12,17,22H,13-16,18H2,1H3. The molecule has 1 aliphatic heterocycles. The van der Waals surface area contributed by atoms with E-state index in [1.807, 2.05) is 78.6 Å². The lowest BCUT2D eigenvalue weighted by Gasteiger charge is -2.38. The van der Waals surface area contributed by atoms with Crippen molar-refractivity contribution in [2.24, 2.45) is 0 Å². The average molecular weight is 374 g/mol. The molecule has 0 unspecified atom stereocenters. The molecule has 144 valence electrons. The summed E-state index contributed by atoms with van der Waals surface area (Å²) in [6.07, 6.45) is 3.62. The predicted molar refractivity (Wildman–Crippen MR) is 111 cm³/mol. The molecule has 4 heteroatoms. The van der Waals surface area contributed by atoms with Gasteiger partial charge in [0.1, 0.15) is 5.76 Å². The first-order chi connectivity index (χ1) is 13.7. The molecule has 0 spiro atoms. The highest BCUT2D eigenvalue weighted by Gasteiger charge is 2.30. The first-order valence-corrected chi connectivity index (χ1v) is 9.91. The number of hydrogen-bond acceptors (Lipinski definition) is 3. The molecule has 4 nitrogen and oxygen atoms in total. The average Bonchev–Trinajstić information content (AvgIpc) is 3.24. The zero-order valence-electron chi connectivity index (χ0n) is 16.3. The summed E-state index contributed by atoms with van der Waals surface area (Å²) in [5.74, 6) is 1.07. The Labute approximate surface area is 166 Å². The Balaban J connectivity index is 1.51. The molecule has 1 fully saturated rings. The third-order valence-corrected chi connectivity index (χ3v) is 5.43. The topological polar surface area (TPSA) is 36.7 Å². The molecular weight excluding hydrogens is 348 g/mol. The highest BCUT2D eigenvalue weighted by molar-refractivity contribution is 6.06. The minimum Gasteiger partial charge on any atom is -0.468 e. The van der Waals surface area contributed by atoms with Crippen LogP contribution in [0.1, 0.15) is 34.5 Å². The van der Waals surface area contributed by atoms with Gasteiger partial charge in [-0.3, -0.25) is 9.69 Å². The van der Waals surface area contributed by atoms with E-state index in [0.29, 0.717) is 0 Å². The van der Waals surface area contributed by atoms with Gasteiger partial charge < -0.3 is 9.32 Å². The molecule has 1 amide bonds. The van der Waals surface area contributed by atoms with Crippen molar-refractivity contribution in [3.8, 4) is 0 Å². The van der Waals surface area contributed by atoms with Gasteiger partial charge in [-0.25, -0.2) is 0 Å². The first-order valence-electron chi connectivity index (χ1n) is 9.91. The van der Waals surface area contributed by atoms with E-state index in [2.05, 4.69) is 4.90 Å². The number of carbonyl (C=O) groups excluding carboxylic acids is 1. The fourth-order valence-electron chi connectivity index (χ4n) is 3.88. The fraction of sp³-hybridized carbons (Fsp3) is 0.292. The number of rotatable bonds is 5. The van der Waals surface area contributed by atoms with E-state index in [1.54, 1.807) is 6.26 Å². The van der Waals surface area contributed by atoms with Crippen LogP contribution in [0, 0.1) is 6.92 Å². The minimum absolute atomic E-state index is 0.0793. The molecule has 0 saturated carbocycles. The molecule has 3 aromatic rings. The van der Waals surface area contributed by atoms with Crippen molar-refractivity contribution in [1.29, 1.82) is 0 Å². The summed E-state index contributed by atoms with van der Waals surface area (Å²) >= 11 is 0. The summed E-state index contributed by atoms with van der Waals surface area (Å²) in [6, 6.07) is 22.1. The molecule has 1 saturated heterocycles. The van der Waals surface area contributed by atoms with Gasteiger partial charge in [-0.2, -0.15) is 0 Å². The highest BCUT2D eigenvalue weighted by atomic mass is 16.3. The molecule has 1 aromatic heterocycles. The SMILES string of the molecule is Cc1ccc(C(=O)N(c2ccccc2)C2CCN(Cc3ccco3)CC2)cc1. The minimum atomic E-state index is 0.0793. The van der Waals surface area contributed by atoms with Crippen molar-refractivity contribution in [2.45, 2.75) is 32.4 Å². The molecule has 1 aliphatic rings. The van der Waals surface area contributed by atoms with Crippen LogP contribution < -0.4 is 4.90 Å². The van der Waals surface area contributed by atoms with Crippen molar-refractivity contribution in [3.63, 3.8) is 0 Å². The molecule has 0 aliphatic carbocycles. The summed E-state index contributed by atoms with van der Waals surface area (Å²) in [5, 5.41) is 0. The lowest BCUT2D eigenvalue weighted by molar-refractivity contribution is 0.0957. The van der Waals surface area contributed by atoms with Crippen LogP contribution in [0.3, 0.4) is 0 Å². The van der Waals surface area contributed by atoms with Crippen molar-refractivity contribution >= 4 is 11.6 Å². The van der Waals surface area contributed by atoms with Gasteiger partial charge in [0.05, 0.1) is 12.8 Å². The number of furan rings is 1. The van der Waals surface area contributed by atoms with E-state index in [9.17, 15) is 4.79 Å². The van der Waals surface area contributed by atoms with Gasteiger partial charge in [-0.05, 0) is 56.2 Å². The van der Waals surface area contributed by atoms with Gasteiger partial charge in [0.2, 0.25) is 0 Å². The number of anilines is 1. The fourth-order valence-corrected chi connectivity index (χ4v) is 3.88. The van der Waals surface area contributed by atoms with Gasteiger partial charge in [0, 0.05) is 30.4 Å². The maximum atomic E-state index is 13.4. The van der Waals surface area contributed by atoms with Gasteiger partial charge in [0.25, 0.3) is 5.91 Å². The molecule has 28 heavy (non-hydrogen) atoms. The molecule has 2 aromatic carbocycles. The molecular formula is C24H26N2O2. The Morgan fingerprint density at radius 3 is 2.36 bits per heavy atom. The molecule has 0 N–H and O–H groups in total. The Bertz CT molecular complexity index is 880. The van der Waals surface area contributed by atoms with Crippen LogP contribution in [0.4, 0.5) is 5.69 Å². The number of para-hydroxylation sites is 1. The highest BCUT2D eigenvalue weighted by Crippen LogP contribution is 2.26. The maximum absolute atomic E-state index is 13.4. The van der Waals surface area contributed by atoms with Crippen LogP contribution >= 0.6 is 0 Å². The van der Waals surface area contributed by atoms with Crippen LogP contribution in [-0.4, -0.2) is 29.9 Å². The summed E-state index contributed by atoms with van der Waals surface area (Å²) in [7, 11) is 0. The van der Waals surface area contributed by atoms with Crippen molar-refractivity contribution < 1.29 is 9.21 Å². The van der Waals surface area contributed by atoms with Crippen LogP contribution in [0.15, 0.2) is 77.4 Å². The zero-order chi connectivity index (χ0) is 19.3. The van der Waals surface area contributed by atoms with Crippen LogP contribution in [0.25, 0.3) is 0 Å². The largest absolute Gasteiger partial charge is 0.468 e. The van der Waals surface area contributed by atoms with Crippen LogP contribution in [-0.2, 0) is 6.54 Å². The van der Waals surface area contributed by atoms with E-state index in [1.165, 1.54) is 0 Å². The predicted octanol–water partition coefficient (Wildman–Crippen LogP) is 4.90. The molecule has 0 atom stereocenters. The van der Waals surface area contributed by atoms with E-state index in [-0.39, 0.29) is 11.9 Å². The Kier molecular flexibility index (Phi) is 5.58. The monoisotopic (exact) mass is 374 g/mol. The maximum Gasteiger partial charge on any atom is 0.258 e. The normalized spacial score (nSPS) is 15.5. The number of benzene rings is 2. The van der Waals surface area contributed by atoms with E-state index in [0.717, 1.165) is 55.1 Å². The number of likely N-dealkylation sites (tertiary alicyclic amines) is 1. The van der Waals surface area contributed by atoms with E-state index < -0.39 is 0 Å². The van der Waals surface area contributed by atoms with Crippen molar-refractivity contribution in [2.75, 3.05) is 18.0 Å². The quantitative estimate of drug-likeness (QED) is 0.637. The summed E-state index contributed by atoms with van der Waals surface area (Å²) in [5.41, 5.74) is 2.87. The Morgan fingerprint density at radius 1 is 1.00 bits per heavy atom. The number of aryl methyl sites for hydroxylation is 1. The number of amides is 1. The second-order valence-electron chi connectivity index (χ2n) is 7.46. The summed E-state index contributed by atoms with van der Waals surface area (Å²) in [6.45, 7) is 4.78. The smallest absolute Gasteiger partial charge is 0.258 e. The van der Waals surface area contributed by atoms with E-state index in [4.69, 9.17) is 4.42 Å². The second kappa shape index (κ2) is 8.44. The lowest BCUT2D eigenvalue weighted by Crippen LogP contribution is -2.47. The summed E-state index contributed by atoms with van der Waals surface area (Å²) in [4.78, 5) is 17.8. The molecule has 0 bridgehead atoms. The van der Waals surface area contributed by atoms with Crippen molar-refractivity contribution in [1.82, 2.24) is 4.90 Å². The molecule has 4 rings (SSSR count). The summed E-state index contributed by atoms with van der Waals surface area (Å²) < 4.78 is 5.48. The third-order valence-electron chi connectivity index (χ3n) is 5.43. The molecule has 0 radical (unpaired) electrons. The lowest BCUT2D eigenvalue weighted by atomic mass is 10.0. The number of carbonyl (C=O) groups is 1. The second-order valence-corrected chi connectivity index (χ2v) is 7.46. The number of hydrogen-bond donors (Lipinski definition) is 0. The third kappa shape index (κ3) is 4.18. The van der Waals surface area contributed by atoms with Gasteiger partial charge >= 0.3 is 0 Å². The zero-order valence-corrected chi connectivity index (χ0v) is 16.3. The first kappa shape index (κ1) is 18.5. The van der Waals surface area contributed by atoms with Gasteiger partial charge in [0.15, 0.2) is 0 Å². The number of piperidine rings is 1. The molecule has 2 heterocycles. The van der Waals surface area contributed by atoms with Crippen LogP contribution in [0.5, 0.6) is 0 Å². The Hall–Kier alpha value is -2.85. The number of nitrogens with zero attached hydrogens (tertiary/aromatic N) is 2. The van der Waals surface area contributed by atoms with E-state index >= 15 is 0 Å². The van der Waals surface area contributed by atoms with Gasteiger partial charge in [-0.15, -0.1) is 0 Å².